The van der Waals surface area contributed by atoms with E-state index in [1.807, 2.05) is 13.8 Å². The second kappa shape index (κ2) is 8.52. The molecule has 1 aromatic rings. The second-order valence-electron chi connectivity index (χ2n) is 4.48. The Kier molecular flexibility index (Phi) is 7.00. The molecule has 0 aromatic carbocycles. The third-order valence-corrected chi connectivity index (χ3v) is 2.63. The molecule has 114 valence electrons. The lowest BCUT2D eigenvalue weighted by Crippen LogP contribution is -2.35. The maximum Gasteiger partial charge on any atom is 0.323 e. The van der Waals surface area contributed by atoms with E-state index in [1.165, 1.54) is 0 Å². The molecule has 0 bridgehead atoms. The summed E-state index contributed by atoms with van der Waals surface area (Å²) in [5, 5.41) is 3.10. The van der Waals surface area contributed by atoms with E-state index in [-0.39, 0.29) is 6.04 Å². The zero-order valence-electron chi connectivity index (χ0n) is 13.0. The number of aromatic nitrogens is 3. The van der Waals surface area contributed by atoms with Gasteiger partial charge in [-0.05, 0) is 27.7 Å². The highest BCUT2D eigenvalue weighted by atomic mass is 16.5. The number of hydrogen-bond acceptors (Lipinski definition) is 7. The van der Waals surface area contributed by atoms with Gasteiger partial charge in [0, 0.05) is 26.2 Å². The lowest BCUT2D eigenvalue weighted by atomic mass is 10.3. The fourth-order valence-electron chi connectivity index (χ4n) is 1.68. The third-order valence-electron chi connectivity index (χ3n) is 2.63. The van der Waals surface area contributed by atoms with E-state index in [1.54, 1.807) is 7.11 Å². The molecule has 0 aliphatic carbocycles. The maximum absolute atomic E-state index is 5.41. The number of ether oxygens (including phenoxy) is 2. The van der Waals surface area contributed by atoms with Crippen molar-refractivity contribution in [3.63, 3.8) is 0 Å². The molecule has 7 nitrogen and oxygen atoms in total. The highest BCUT2D eigenvalue weighted by Crippen LogP contribution is 2.17. The van der Waals surface area contributed by atoms with Gasteiger partial charge >= 0.3 is 6.01 Å². The first-order valence-electron chi connectivity index (χ1n) is 7.00. The summed E-state index contributed by atoms with van der Waals surface area (Å²) in [6, 6.07) is 0.605. The van der Waals surface area contributed by atoms with Crippen LogP contribution in [0.15, 0.2) is 0 Å². The molecule has 0 spiro atoms. The standard InChI is InChI=1S/C13H25N5O2/c1-6-14-11-15-12(17-13(16-11)20-7-2)18(10(3)4)8-9-19-5/h10H,6-9H2,1-5H3,(H,14,15,16,17). The van der Waals surface area contributed by atoms with Crippen LogP contribution >= 0.6 is 0 Å². The van der Waals surface area contributed by atoms with E-state index in [0.29, 0.717) is 31.1 Å². The Hall–Kier alpha value is -1.63. The molecule has 0 unspecified atom stereocenters. The lowest BCUT2D eigenvalue weighted by Gasteiger charge is -2.26. The van der Waals surface area contributed by atoms with Gasteiger partial charge in [0.2, 0.25) is 11.9 Å². The Balaban J connectivity index is 3.04. The van der Waals surface area contributed by atoms with Crippen molar-refractivity contribution in [2.24, 2.45) is 0 Å². The number of rotatable bonds is 9. The number of anilines is 2. The molecule has 1 heterocycles. The fourth-order valence-corrected chi connectivity index (χ4v) is 1.68. The van der Waals surface area contributed by atoms with Crippen LogP contribution in [0.4, 0.5) is 11.9 Å². The van der Waals surface area contributed by atoms with Crippen LogP contribution in [0.25, 0.3) is 0 Å². The Morgan fingerprint density at radius 3 is 2.50 bits per heavy atom. The Bertz CT molecular complexity index is 376. The first-order chi connectivity index (χ1) is 9.62. The predicted octanol–water partition coefficient (Wildman–Crippen LogP) is 1.56. The molecular formula is C13H25N5O2. The maximum atomic E-state index is 5.41. The molecule has 0 saturated carbocycles. The van der Waals surface area contributed by atoms with Gasteiger partial charge in [-0.2, -0.15) is 15.0 Å². The van der Waals surface area contributed by atoms with Crippen LogP contribution in [0.1, 0.15) is 27.7 Å². The normalized spacial score (nSPS) is 10.7. The zero-order chi connectivity index (χ0) is 15.0. The average Bonchev–Trinajstić information content (AvgIpc) is 2.39. The summed E-state index contributed by atoms with van der Waals surface area (Å²) < 4.78 is 10.5. The van der Waals surface area contributed by atoms with Gasteiger partial charge in [0.15, 0.2) is 0 Å². The predicted molar refractivity (Wildman–Crippen MR) is 79.5 cm³/mol. The first kappa shape index (κ1) is 16.4. The molecule has 20 heavy (non-hydrogen) atoms. The molecule has 0 aliphatic rings. The van der Waals surface area contributed by atoms with E-state index in [2.05, 4.69) is 39.0 Å². The Morgan fingerprint density at radius 2 is 1.95 bits per heavy atom. The van der Waals surface area contributed by atoms with Crippen LogP contribution in [0.5, 0.6) is 6.01 Å². The van der Waals surface area contributed by atoms with E-state index >= 15 is 0 Å². The minimum Gasteiger partial charge on any atom is -0.464 e. The monoisotopic (exact) mass is 283 g/mol. The summed E-state index contributed by atoms with van der Waals surface area (Å²) in [4.78, 5) is 15.1. The lowest BCUT2D eigenvalue weighted by molar-refractivity contribution is 0.203. The van der Waals surface area contributed by atoms with Crippen LogP contribution in [0.2, 0.25) is 0 Å². The Labute approximate surface area is 120 Å². The molecule has 1 rings (SSSR count). The summed E-state index contributed by atoms with van der Waals surface area (Å²) in [6.07, 6.45) is 0. The van der Waals surface area contributed by atoms with E-state index < -0.39 is 0 Å². The van der Waals surface area contributed by atoms with Crippen molar-refractivity contribution in [2.45, 2.75) is 33.7 Å². The van der Waals surface area contributed by atoms with Crippen molar-refractivity contribution in [1.82, 2.24) is 15.0 Å². The van der Waals surface area contributed by atoms with Crippen LogP contribution in [-0.4, -0.2) is 54.4 Å². The van der Waals surface area contributed by atoms with Crippen molar-refractivity contribution >= 4 is 11.9 Å². The fraction of sp³-hybridized carbons (Fsp3) is 0.769. The van der Waals surface area contributed by atoms with Crippen LogP contribution < -0.4 is 15.0 Å². The SMILES string of the molecule is CCNc1nc(OCC)nc(N(CCOC)C(C)C)n1. The van der Waals surface area contributed by atoms with Gasteiger partial charge in [-0.1, -0.05) is 0 Å². The number of hydrogen-bond donors (Lipinski definition) is 1. The molecule has 0 radical (unpaired) electrons. The number of nitrogens with one attached hydrogen (secondary N) is 1. The summed E-state index contributed by atoms with van der Waals surface area (Å²) >= 11 is 0. The molecule has 0 fully saturated rings. The first-order valence-corrected chi connectivity index (χ1v) is 7.00. The molecular weight excluding hydrogens is 258 g/mol. The zero-order valence-corrected chi connectivity index (χ0v) is 13.0. The smallest absolute Gasteiger partial charge is 0.323 e. The van der Waals surface area contributed by atoms with Gasteiger partial charge in [0.05, 0.1) is 13.2 Å². The van der Waals surface area contributed by atoms with Crippen molar-refractivity contribution < 1.29 is 9.47 Å². The molecule has 1 N–H and O–H groups in total. The average molecular weight is 283 g/mol. The minimum atomic E-state index is 0.261. The minimum absolute atomic E-state index is 0.261. The number of methoxy groups -OCH3 is 1. The van der Waals surface area contributed by atoms with E-state index in [4.69, 9.17) is 9.47 Å². The largest absolute Gasteiger partial charge is 0.464 e. The molecule has 0 saturated heterocycles. The summed E-state index contributed by atoms with van der Waals surface area (Å²) in [5.74, 6) is 1.13. The van der Waals surface area contributed by atoms with Crippen LogP contribution in [0, 0.1) is 0 Å². The molecule has 1 aromatic heterocycles. The quantitative estimate of drug-likeness (QED) is 0.737. The van der Waals surface area contributed by atoms with Crippen LogP contribution in [-0.2, 0) is 4.74 Å². The van der Waals surface area contributed by atoms with Crippen LogP contribution in [0.3, 0.4) is 0 Å². The molecule has 0 atom stereocenters. The van der Waals surface area contributed by atoms with Gasteiger partial charge in [-0.3, -0.25) is 0 Å². The van der Waals surface area contributed by atoms with E-state index in [9.17, 15) is 0 Å². The highest BCUT2D eigenvalue weighted by molar-refractivity contribution is 5.39. The summed E-state index contributed by atoms with van der Waals surface area (Å²) in [7, 11) is 1.68. The molecule has 0 aliphatic heterocycles. The van der Waals surface area contributed by atoms with Crippen molar-refractivity contribution in [2.75, 3.05) is 43.6 Å². The van der Waals surface area contributed by atoms with Crippen molar-refractivity contribution in [1.29, 1.82) is 0 Å². The van der Waals surface area contributed by atoms with E-state index in [0.717, 1.165) is 13.1 Å². The van der Waals surface area contributed by atoms with Gasteiger partial charge in [-0.15, -0.1) is 0 Å². The van der Waals surface area contributed by atoms with Gasteiger partial charge in [0.25, 0.3) is 0 Å². The Morgan fingerprint density at radius 1 is 1.20 bits per heavy atom. The van der Waals surface area contributed by atoms with Crippen molar-refractivity contribution in [3.8, 4) is 6.01 Å². The van der Waals surface area contributed by atoms with Gasteiger partial charge < -0.3 is 19.7 Å². The number of nitrogens with zero attached hydrogens (tertiary/aromatic N) is 4. The van der Waals surface area contributed by atoms with Gasteiger partial charge in [-0.25, -0.2) is 0 Å². The second-order valence-corrected chi connectivity index (χ2v) is 4.48. The summed E-state index contributed by atoms with van der Waals surface area (Å²) in [6.45, 7) is 10.7. The summed E-state index contributed by atoms with van der Waals surface area (Å²) in [5.41, 5.74) is 0. The molecule has 0 amide bonds. The van der Waals surface area contributed by atoms with Crippen molar-refractivity contribution in [3.05, 3.63) is 0 Å². The molecule has 7 heteroatoms. The third kappa shape index (κ3) is 4.80. The topological polar surface area (TPSA) is 72.4 Å². The highest BCUT2D eigenvalue weighted by Gasteiger charge is 2.16. The van der Waals surface area contributed by atoms with Gasteiger partial charge in [0.1, 0.15) is 0 Å².